The van der Waals surface area contributed by atoms with Crippen LogP contribution in [0, 0.1) is 5.92 Å². The second-order valence-electron chi connectivity index (χ2n) is 5.59. The Balaban J connectivity index is 2.61. The summed E-state index contributed by atoms with van der Waals surface area (Å²) in [6.45, 7) is 7.59. The molecule has 1 aromatic heterocycles. The maximum Gasteiger partial charge on any atom is 0.244 e. The number of pyridine rings is 1. The lowest BCUT2D eigenvalue weighted by Crippen LogP contribution is -2.26. The molecule has 0 saturated heterocycles. The zero-order valence-corrected chi connectivity index (χ0v) is 14.0. The van der Waals surface area contributed by atoms with E-state index in [-0.39, 0.29) is 4.90 Å². The molecule has 0 aliphatic rings. The van der Waals surface area contributed by atoms with Crippen LogP contribution in [0.4, 0.5) is 5.69 Å². The van der Waals surface area contributed by atoms with Crippen LogP contribution >= 0.6 is 0 Å². The molecule has 1 heterocycles. The van der Waals surface area contributed by atoms with Crippen molar-refractivity contribution in [3.8, 4) is 0 Å². The highest BCUT2D eigenvalue weighted by atomic mass is 32.2. The smallest absolute Gasteiger partial charge is 0.244 e. The summed E-state index contributed by atoms with van der Waals surface area (Å²) in [5.74, 6) is 0.657. The molecule has 0 fully saturated rings. The standard InChI is InChI=1S/C15H27N3O2S/c1-4-9-17-14-8-11-16-12-15(14)21(19,20)18-10-6-5-7-13(2)3/h8,11-13,18H,4-7,9-10H2,1-3H3,(H,16,17). The van der Waals surface area contributed by atoms with E-state index in [1.165, 1.54) is 6.20 Å². The average molecular weight is 313 g/mol. The van der Waals surface area contributed by atoms with Gasteiger partial charge in [0.1, 0.15) is 4.90 Å². The molecule has 5 nitrogen and oxygen atoms in total. The summed E-state index contributed by atoms with van der Waals surface area (Å²) >= 11 is 0. The zero-order chi connectivity index (χ0) is 15.7. The van der Waals surface area contributed by atoms with E-state index in [2.05, 4.69) is 28.9 Å². The molecule has 21 heavy (non-hydrogen) atoms. The molecule has 0 radical (unpaired) electrons. The lowest BCUT2D eigenvalue weighted by Gasteiger charge is -2.12. The van der Waals surface area contributed by atoms with Gasteiger partial charge in [0, 0.05) is 25.5 Å². The van der Waals surface area contributed by atoms with Crippen molar-refractivity contribution in [3.63, 3.8) is 0 Å². The van der Waals surface area contributed by atoms with Gasteiger partial charge in [-0.15, -0.1) is 0 Å². The van der Waals surface area contributed by atoms with Crippen molar-refractivity contribution < 1.29 is 8.42 Å². The van der Waals surface area contributed by atoms with E-state index in [1.807, 2.05) is 6.92 Å². The highest BCUT2D eigenvalue weighted by Gasteiger charge is 2.17. The van der Waals surface area contributed by atoms with Gasteiger partial charge in [0.2, 0.25) is 10.0 Å². The van der Waals surface area contributed by atoms with Crippen molar-refractivity contribution in [2.75, 3.05) is 18.4 Å². The fourth-order valence-corrected chi connectivity index (χ4v) is 3.16. The first-order chi connectivity index (χ1) is 9.97. The Hall–Kier alpha value is -1.14. The van der Waals surface area contributed by atoms with Gasteiger partial charge in [-0.2, -0.15) is 0 Å². The Labute approximate surface area is 128 Å². The molecular formula is C15H27N3O2S. The molecule has 0 aliphatic carbocycles. The van der Waals surface area contributed by atoms with Gasteiger partial charge in [-0.3, -0.25) is 4.98 Å². The molecule has 6 heteroatoms. The Kier molecular flexibility index (Phi) is 7.67. The third-order valence-corrected chi connectivity index (χ3v) is 4.63. The third-order valence-electron chi connectivity index (χ3n) is 3.14. The fourth-order valence-electron chi connectivity index (χ4n) is 1.96. The SMILES string of the molecule is CCCNc1ccncc1S(=O)(=O)NCCCCC(C)C. The Bertz CT molecular complexity index is 515. The lowest BCUT2D eigenvalue weighted by atomic mass is 10.1. The van der Waals surface area contributed by atoms with Gasteiger partial charge in [-0.1, -0.05) is 33.6 Å². The van der Waals surface area contributed by atoms with Crippen molar-refractivity contribution >= 4 is 15.7 Å². The molecule has 0 bridgehead atoms. The first-order valence-electron chi connectivity index (χ1n) is 7.65. The highest BCUT2D eigenvalue weighted by Crippen LogP contribution is 2.19. The molecule has 0 unspecified atom stereocenters. The van der Waals surface area contributed by atoms with Crippen LogP contribution in [0.5, 0.6) is 0 Å². The van der Waals surface area contributed by atoms with Crippen LogP contribution in [0.1, 0.15) is 46.5 Å². The zero-order valence-electron chi connectivity index (χ0n) is 13.2. The molecule has 0 spiro atoms. The quantitative estimate of drug-likeness (QED) is 0.651. The van der Waals surface area contributed by atoms with Crippen LogP contribution < -0.4 is 10.0 Å². The first kappa shape index (κ1) is 17.9. The van der Waals surface area contributed by atoms with Gasteiger partial charge in [0.25, 0.3) is 0 Å². The average Bonchev–Trinajstić information content (AvgIpc) is 2.44. The molecule has 1 rings (SSSR count). The molecular weight excluding hydrogens is 286 g/mol. The number of nitrogens with one attached hydrogen (secondary N) is 2. The minimum atomic E-state index is -3.50. The first-order valence-corrected chi connectivity index (χ1v) is 9.13. The van der Waals surface area contributed by atoms with Gasteiger partial charge in [-0.05, 0) is 24.8 Å². The predicted octanol–water partition coefficient (Wildman–Crippen LogP) is 3.01. The topological polar surface area (TPSA) is 71.1 Å². The van der Waals surface area contributed by atoms with Crippen LogP contribution in [-0.4, -0.2) is 26.5 Å². The molecule has 0 amide bonds. The largest absolute Gasteiger partial charge is 0.384 e. The van der Waals surface area contributed by atoms with E-state index >= 15 is 0 Å². The van der Waals surface area contributed by atoms with Crippen molar-refractivity contribution in [1.29, 1.82) is 0 Å². The van der Waals surface area contributed by atoms with E-state index in [9.17, 15) is 8.42 Å². The third kappa shape index (κ3) is 6.44. The summed E-state index contributed by atoms with van der Waals surface area (Å²) in [5.41, 5.74) is 0.613. The monoisotopic (exact) mass is 313 g/mol. The van der Waals surface area contributed by atoms with Gasteiger partial charge in [0.15, 0.2) is 0 Å². The minimum absolute atomic E-state index is 0.224. The number of unbranched alkanes of at least 4 members (excludes halogenated alkanes) is 1. The van der Waals surface area contributed by atoms with Crippen LogP contribution in [0.3, 0.4) is 0 Å². The molecule has 1 aromatic rings. The van der Waals surface area contributed by atoms with Crippen molar-refractivity contribution in [2.24, 2.45) is 5.92 Å². The van der Waals surface area contributed by atoms with Crippen LogP contribution in [-0.2, 0) is 10.0 Å². The van der Waals surface area contributed by atoms with Crippen molar-refractivity contribution in [1.82, 2.24) is 9.71 Å². The van der Waals surface area contributed by atoms with E-state index < -0.39 is 10.0 Å². The van der Waals surface area contributed by atoms with Crippen LogP contribution in [0.25, 0.3) is 0 Å². The molecule has 0 saturated carbocycles. The van der Waals surface area contributed by atoms with Crippen LogP contribution in [0.2, 0.25) is 0 Å². The number of hydrogen-bond acceptors (Lipinski definition) is 4. The molecule has 120 valence electrons. The Morgan fingerprint density at radius 1 is 1.24 bits per heavy atom. The van der Waals surface area contributed by atoms with Gasteiger partial charge < -0.3 is 5.32 Å². The summed E-state index contributed by atoms with van der Waals surface area (Å²) in [7, 11) is -3.50. The molecule has 0 aliphatic heterocycles. The maximum absolute atomic E-state index is 12.3. The summed E-state index contributed by atoms with van der Waals surface area (Å²) in [4.78, 5) is 4.15. The number of anilines is 1. The number of rotatable bonds is 10. The predicted molar refractivity (Wildman–Crippen MR) is 86.9 cm³/mol. The maximum atomic E-state index is 12.3. The van der Waals surface area contributed by atoms with E-state index in [4.69, 9.17) is 0 Å². The van der Waals surface area contributed by atoms with Gasteiger partial charge in [-0.25, -0.2) is 13.1 Å². The summed E-state index contributed by atoms with van der Waals surface area (Å²) in [6, 6.07) is 1.70. The number of nitrogens with zero attached hydrogens (tertiary/aromatic N) is 1. The normalized spacial score (nSPS) is 11.8. The molecule has 0 atom stereocenters. The lowest BCUT2D eigenvalue weighted by molar-refractivity contribution is 0.530. The van der Waals surface area contributed by atoms with Gasteiger partial charge >= 0.3 is 0 Å². The fraction of sp³-hybridized carbons (Fsp3) is 0.667. The van der Waals surface area contributed by atoms with E-state index in [1.54, 1.807) is 12.3 Å². The van der Waals surface area contributed by atoms with Crippen molar-refractivity contribution in [3.05, 3.63) is 18.5 Å². The van der Waals surface area contributed by atoms with Crippen LogP contribution in [0.15, 0.2) is 23.4 Å². The molecule has 2 N–H and O–H groups in total. The molecule has 0 aromatic carbocycles. The Morgan fingerprint density at radius 2 is 2.00 bits per heavy atom. The van der Waals surface area contributed by atoms with Crippen molar-refractivity contribution in [2.45, 2.75) is 51.3 Å². The van der Waals surface area contributed by atoms with E-state index in [0.717, 1.165) is 32.2 Å². The number of sulfonamides is 1. The highest BCUT2D eigenvalue weighted by molar-refractivity contribution is 7.89. The number of aromatic nitrogens is 1. The Morgan fingerprint density at radius 3 is 2.67 bits per heavy atom. The minimum Gasteiger partial charge on any atom is -0.384 e. The van der Waals surface area contributed by atoms with Gasteiger partial charge in [0.05, 0.1) is 5.69 Å². The summed E-state index contributed by atoms with van der Waals surface area (Å²) in [5, 5.41) is 3.13. The van der Waals surface area contributed by atoms with E-state index in [0.29, 0.717) is 18.2 Å². The summed E-state index contributed by atoms with van der Waals surface area (Å²) < 4.78 is 27.3. The number of hydrogen-bond donors (Lipinski definition) is 2. The second kappa shape index (κ2) is 9.00. The summed E-state index contributed by atoms with van der Waals surface area (Å²) in [6.07, 6.45) is 6.94. The second-order valence-corrected chi connectivity index (χ2v) is 7.32.